The predicted octanol–water partition coefficient (Wildman–Crippen LogP) is 4.79. The monoisotopic (exact) mass is 435 g/mol. The van der Waals surface area contributed by atoms with Crippen molar-refractivity contribution in [2.75, 3.05) is 10.6 Å². The number of pyridine rings is 2. The fourth-order valence-electron chi connectivity index (χ4n) is 3.26. The molecule has 0 radical (unpaired) electrons. The van der Waals surface area contributed by atoms with Crippen molar-refractivity contribution < 1.29 is 14.0 Å². The van der Waals surface area contributed by atoms with Crippen LogP contribution in [0, 0.1) is 0 Å². The van der Waals surface area contributed by atoms with E-state index in [0.717, 1.165) is 0 Å². The first-order valence-corrected chi connectivity index (χ1v) is 10.1. The molecular weight excluding hydrogens is 418 g/mol. The van der Waals surface area contributed by atoms with Crippen LogP contribution < -0.4 is 10.6 Å². The van der Waals surface area contributed by atoms with Gasteiger partial charge < -0.3 is 15.1 Å². The topological polar surface area (TPSA) is 110 Å². The highest BCUT2D eigenvalue weighted by Gasteiger charge is 2.12. The van der Waals surface area contributed by atoms with Gasteiger partial charge in [-0.05, 0) is 54.6 Å². The highest BCUT2D eigenvalue weighted by molar-refractivity contribution is 6.05. The standard InChI is InChI=1S/C25H17N5O3/c31-23(17-5-2-10-26-14-17)28-19-7-1-4-16(12-19)25-30-21-9-8-20(13-22(21)33-25)29-24(32)18-6-3-11-27-15-18/h1-15H,(H,28,31)(H,29,32). The third kappa shape index (κ3) is 4.45. The maximum Gasteiger partial charge on any atom is 0.257 e. The van der Waals surface area contributed by atoms with E-state index in [0.29, 0.717) is 45.1 Å². The van der Waals surface area contributed by atoms with Gasteiger partial charge in [-0.2, -0.15) is 0 Å². The van der Waals surface area contributed by atoms with E-state index >= 15 is 0 Å². The van der Waals surface area contributed by atoms with Gasteiger partial charge in [0.1, 0.15) is 5.52 Å². The summed E-state index contributed by atoms with van der Waals surface area (Å²) in [7, 11) is 0. The molecule has 5 aromatic rings. The van der Waals surface area contributed by atoms with Crippen molar-refractivity contribution in [3.63, 3.8) is 0 Å². The smallest absolute Gasteiger partial charge is 0.257 e. The SMILES string of the molecule is O=C(Nc1cccc(-c2nc3ccc(NC(=O)c4cccnc4)cc3o2)c1)c1cccnc1. The minimum Gasteiger partial charge on any atom is -0.436 e. The zero-order valence-electron chi connectivity index (χ0n) is 17.2. The average Bonchev–Trinajstić information content (AvgIpc) is 3.29. The van der Waals surface area contributed by atoms with Gasteiger partial charge in [0.05, 0.1) is 11.1 Å². The Kier molecular flexibility index (Phi) is 5.30. The number of nitrogens with one attached hydrogen (secondary N) is 2. The third-order valence-electron chi connectivity index (χ3n) is 4.86. The number of hydrogen-bond acceptors (Lipinski definition) is 6. The van der Waals surface area contributed by atoms with E-state index in [2.05, 4.69) is 25.6 Å². The Morgan fingerprint density at radius 2 is 1.39 bits per heavy atom. The maximum absolute atomic E-state index is 12.4. The van der Waals surface area contributed by atoms with Gasteiger partial charge in [0.25, 0.3) is 11.8 Å². The van der Waals surface area contributed by atoms with Crippen LogP contribution in [0.4, 0.5) is 11.4 Å². The molecule has 3 heterocycles. The first kappa shape index (κ1) is 20.1. The van der Waals surface area contributed by atoms with E-state index in [1.54, 1.807) is 67.0 Å². The van der Waals surface area contributed by atoms with Crippen molar-refractivity contribution >= 4 is 34.3 Å². The number of fused-ring (bicyclic) bond motifs is 1. The van der Waals surface area contributed by atoms with Crippen LogP contribution in [0.3, 0.4) is 0 Å². The number of benzene rings is 2. The van der Waals surface area contributed by atoms with Crippen molar-refractivity contribution in [2.24, 2.45) is 0 Å². The van der Waals surface area contributed by atoms with E-state index in [1.807, 2.05) is 12.1 Å². The molecule has 0 saturated heterocycles. The van der Waals surface area contributed by atoms with Crippen LogP contribution in [-0.2, 0) is 0 Å². The Morgan fingerprint density at radius 1 is 0.727 bits per heavy atom. The molecule has 2 amide bonds. The zero-order chi connectivity index (χ0) is 22.6. The van der Waals surface area contributed by atoms with Gasteiger partial charge in [0.15, 0.2) is 5.58 Å². The third-order valence-corrected chi connectivity index (χ3v) is 4.86. The second-order valence-electron chi connectivity index (χ2n) is 7.17. The molecule has 3 aromatic heterocycles. The highest BCUT2D eigenvalue weighted by atomic mass is 16.3. The van der Waals surface area contributed by atoms with Crippen molar-refractivity contribution in [1.29, 1.82) is 0 Å². The van der Waals surface area contributed by atoms with Gasteiger partial charge in [-0.25, -0.2) is 4.98 Å². The fourth-order valence-corrected chi connectivity index (χ4v) is 3.26. The zero-order valence-corrected chi connectivity index (χ0v) is 17.2. The van der Waals surface area contributed by atoms with Crippen LogP contribution in [0.5, 0.6) is 0 Å². The van der Waals surface area contributed by atoms with Crippen molar-refractivity contribution in [3.05, 3.63) is 103 Å². The van der Waals surface area contributed by atoms with Crippen LogP contribution in [0.1, 0.15) is 20.7 Å². The van der Waals surface area contributed by atoms with Crippen LogP contribution in [0.25, 0.3) is 22.6 Å². The first-order chi connectivity index (χ1) is 16.2. The maximum atomic E-state index is 12.4. The van der Waals surface area contributed by atoms with Crippen molar-refractivity contribution in [2.45, 2.75) is 0 Å². The average molecular weight is 435 g/mol. The second kappa shape index (κ2) is 8.72. The van der Waals surface area contributed by atoms with Crippen molar-refractivity contribution in [3.8, 4) is 11.5 Å². The number of rotatable bonds is 5. The van der Waals surface area contributed by atoms with E-state index in [-0.39, 0.29) is 11.8 Å². The lowest BCUT2D eigenvalue weighted by Crippen LogP contribution is -2.11. The number of oxazole rings is 1. The Balaban J connectivity index is 1.36. The molecule has 0 spiro atoms. The molecule has 0 atom stereocenters. The second-order valence-corrected chi connectivity index (χ2v) is 7.17. The fraction of sp³-hybridized carbons (Fsp3) is 0. The lowest BCUT2D eigenvalue weighted by atomic mass is 10.2. The summed E-state index contributed by atoms with van der Waals surface area (Å²) in [4.78, 5) is 37.2. The number of carbonyl (C=O) groups excluding carboxylic acids is 2. The van der Waals surface area contributed by atoms with Gasteiger partial charge in [-0.15, -0.1) is 0 Å². The number of nitrogens with zero attached hydrogens (tertiary/aromatic N) is 3. The molecule has 0 fully saturated rings. The molecule has 0 aliphatic carbocycles. The number of hydrogen-bond donors (Lipinski definition) is 2. The van der Waals surface area contributed by atoms with Gasteiger partial charge in [-0.3, -0.25) is 19.6 Å². The molecule has 160 valence electrons. The predicted molar refractivity (Wildman–Crippen MR) is 124 cm³/mol. The highest BCUT2D eigenvalue weighted by Crippen LogP contribution is 2.28. The summed E-state index contributed by atoms with van der Waals surface area (Å²) in [5.74, 6) is -0.121. The van der Waals surface area contributed by atoms with Gasteiger partial charge >= 0.3 is 0 Å². The molecule has 0 unspecified atom stereocenters. The number of aromatic nitrogens is 3. The van der Waals surface area contributed by atoms with Crippen LogP contribution in [0.15, 0.2) is 95.9 Å². The Morgan fingerprint density at radius 3 is 2.03 bits per heavy atom. The minimum absolute atomic E-state index is 0.258. The summed E-state index contributed by atoms with van der Waals surface area (Å²) in [6.45, 7) is 0. The number of amides is 2. The van der Waals surface area contributed by atoms with Gasteiger partial charge in [-0.1, -0.05) is 6.07 Å². The number of anilines is 2. The lowest BCUT2D eigenvalue weighted by Gasteiger charge is -2.06. The van der Waals surface area contributed by atoms with E-state index in [4.69, 9.17) is 4.42 Å². The van der Waals surface area contributed by atoms with E-state index in [9.17, 15) is 9.59 Å². The molecule has 8 nitrogen and oxygen atoms in total. The summed E-state index contributed by atoms with van der Waals surface area (Å²) in [5.41, 5.74) is 3.99. The summed E-state index contributed by atoms with van der Waals surface area (Å²) in [6.07, 6.45) is 6.23. The molecule has 8 heteroatoms. The van der Waals surface area contributed by atoms with Crippen LogP contribution in [0.2, 0.25) is 0 Å². The van der Waals surface area contributed by atoms with Crippen LogP contribution in [-0.4, -0.2) is 26.8 Å². The van der Waals surface area contributed by atoms with Crippen LogP contribution >= 0.6 is 0 Å². The molecule has 2 aromatic carbocycles. The molecule has 2 N–H and O–H groups in total. The molecule has 0 aliphatic rings. The largest absolute Gasteiger partial charge is 0.436 e. The molecule has 33 heavy (non-hydrogen) atoms. The molecule has 0 saturated carbocycles. The quantitative estimate of drug-likeness (QED) is 0.411. The lowest BCUT2D eigenvalue weighted by molar-refractivity contribution is 0.101. The van der Waals surface area contributed by atoms with E-state index < -0.39 is 0 Å². The van der Waals surface area contributed by atoms with E-state index in [1.165, 1.54) is 12.4 Å². The summed E-state index contributed by atoms with van der Waals surface area (Å²) in [6, 6.07) is 19.3. The minimum atomic E-state index is -0.265. The molecule has 0 aliphatic heterocycles. The Bertz CT molecular complexity index is 1450. The summed E-state index contributed by atoms with van der Waals surface area (Å²) >= 11 is 0. The summed E-state index contributed by atoms with van der Waals surface area (Å²) in [5, 5.41) is 5.67. The molecule has 0 bridgehead atoms. The molecular formula is C25H17N5O3. The Labute approximate surface area is 188 Å². The Hall–Kier alpha value is -4.85. The summed E-state index contributed by atoms with van der Waals surface area (Å²) < 4.78 is 5.93. The van der Waals surface area contributed by atoms with Gasteiger partial charge in [0, 0.05) is 47.8 Å². The molecule has 5 rings (SSSR count). The van der Waals surface area contributed by atoms with Gasteiger partial charge in [0.2, 0.25) is 5.89 Å². The first-order valence-electron chi connectivity index (χ1n) is 10.1. The normalized spacial score (nSPS) is 10.7. The van der Waals surface area contributed by atoms with Crippen molar-refractivity contribution in [1.82, 2.24) is 15.0 Å². The number of carbonyl (C=O) groups is 2.